The fraction of sp³-hybridized carbons (Fsp3) is 0.464. The Morgan fingerprint density at radius 3 is 2.65 bits per heavy atom. The van der Waals surface area contributed by atoms with Crippen LogP contribution >= 0.6 is 0 Å². The normalized spacial score (nSPS) is 19.9. The van der Waals surface area contributed by atoms with Crippen LogP contribution < -0.4 is 10.2 Å². The van der Waals surface area contributed by atoms with E-state index < -0.39 is 17.9 Å². The summed E-state index contributed by atoms with van der Waals surface area (Å²) < 4.78 is 33.8. The van der Waals surface area contributed by atoms with Crippen LogP contribution in [-0.4, -0.2) is 47.1 Å². The molecule has 1 spiro atoms. The standard InChI is InChI=1S/C28H30F2N4O3/c1-16(18-4-3-5-19(12-18)28(29,30)15-35)31-25-22-14-24-23(13-21(22)17(2)32-33-25)27(8-10-37-11-9-27)26(36)34(24)20-6-7-20/h3-5,12-14,16,20,35H,6-11,15H2,1-2H3,(H,31,33)/t16-/m1/s1. The van der Waals surface area contributed by atoms with Gasteiger partial charge in [0.05, 0.1) is 17.2 Å². The SMILES string of the molecule is Cc1nnc(N[C@H](C)c2cccc(C(F)(F)CO)c2)c2cc3c(cc12)C1(CCOCC1)C(=O)N3C1CC1. The lowest BCUT2D eigenvalue weighted by molar-refractivity contribution is -0.126. The highest BCUT2D eigenvalue weighted by atomic mass is 19.3. The van der Waals surface area contributed by atoms with E-state index in [1.165, 1.54) is 12.1 Å². The zero-order valence-corrected chi connectivity index (χ0v) is 20.9. The third-order valence-corrected chi connectivity index (χ3v) is 8.10. The second-order valence-corrected chi connectivity index (χ2v) is 10.5. The number of aliphatic hydroxyl groups is 1. The Morgan fingerprint density at radius 2 is 1.95 bits per heavy atom. The maximum absolute atomic E-state index is 14.1. The summed E-state index contributed by atoms with van der Waals surface area (Å²) in [6.45, 7) is 3.65. The summed E-state index contributed by atoms with van der Waals surface area (Å²) in [5, 5.41) is 23.0. The highest BCUT2D eigenvalue weighted by Gasteiger charge is 2.54. The molecule has 3 heterocycles. The second kappa shape index (κ2) is 8.70. The monoisotopic (exact) mass is 508 g/mol. The van der Waals surface area contributed by atoms with Gasteiger partial charge in [0.25, 0.3) is 5.92 Å². The predicted octanol–water partition coefficient (Wildman–Crippen LogP) is 4.75. The fourth-order valence-electron chi connectivity index (χ4n) is 5.77. The van der Waals surface area contributed by atoms with Crippen molar-refractivity contribution in [2.75, 3.05) is 30.0 Å². The smallest absolute Gasteiger partial charge is 0.295 e. The molecule has 1 amide bonds. The third-order valence-electron chi connectivity index (χ3n) is 8.10. The van der Waals surface area contributed by atoms with E-state index in [-0.39, 0.29) is 23.6 Å². The van der Waals surface area contributed by atoms with Gasteiger partial charge < -0.3 is 20.1 Å². The summed E-state index contributed by atoms with van der Waals surface area (Å²) in [4.78, 5) is 15.8. The first-order chi connectivity index (χ1) is 17.7. The van der Waals surface area contributed by atoms with Crippen molar-refractivity contribution in [2.24, 2.45) is 0 Å². The van der Waals surface area contributed by atoms with Gasteiger partial charge in [-0.05, 0) is 68.9 Å². The molecular formula is C28H30F2N4O3. The predicted molar refractivity (Wildman–Crippen MR) is 136 cm³/mol. The van der Waals surface area contributed by atoms with E-state index in [0.717, 1.165) is 40.6 Å². The summed E-state index contributed by atoms with van der Waals surface area (Å²) in [6.07, 6.45) is 3.34. The maximum atomic E-state index is 14.1. The van der Waals surface area contributed by atoms with Crippen LogP contribution in [-0.2, 0) is 20.9 Å². The van der Waals surface area contributed by atoms with Gasteiger partial charge in [-0.2, -0.15) is 13.9 Å². The van der Waals surface area contributed by atoms with Crippen LogP contribution in [0.3, 0.4) is 0 Å². The molecule has 2 aromatic carbocycles. The molecule has 2 N–H and O–H groups in total. The Morgan fingerprint density at radius 1 is 1.19 bits per heavy atom. The molecule has 37 heavy (non-hydrogen) atoms. The Kier molecular flexibility index (Phi) is 5.69. The van der Waals surface area contributed by atoms with Crippen molar-refractivity contribution in [3.05, 3.63) is 58.8 Å². The van der Waals surface area contributed by atoms with E-state index in [4.69, 9.17) is 9.84 Å². The molecule has 7 nitrogen and oxygen atoms in total. The number of nitrogens with zero attached hydrogens (tertiary/aromatic N) is 3. The quantitative estimate of drug-likeness (QED) is 0.500. The van der Waals surface area contributed by atoms with Crippen LogP contribution in [0.25, 0.3) is 10.8 Å². The number of benzene rings is 2. The summed E-state index contributed by atoms with van der Waals surface area (Å²) in [6, 6.07) is 10.1. The van der Waals surface area contributed by atoms with Crippen LogP contribution in [0.15, 0.2) is 36.4 Å². The molecule has 3 aliphatic rings. The Bertz CT molecular complexity index is 1390. The van der Waals surface area contributed by atoms with Crippen LogP contribution in [0, 0.1) is 6.92 Å². The average molecular weight is 509 g/mol. The number of hydrogen-bond donors (Lipinski definition) is 2. The number of fused-ring (bicyclic) bond motifs is 3. The molecule has 2 fully saturated rings. The number of nitrogens with one attached hydrogen (secondary N) is 1. The molecule has 0 unspecified atom stereocenters. The molecule has 1 aromatic heterocycles. The number of carbonyl (C=O) groups excluding carboxylic acids is 1. The molecule has 1 saturated heterocycles. The molecule has 9 heteroatoms. The van der Waals surface area contributed by atoms with Gasteiger partial charge in [-0.1, -0.05) is 18.2 Å². The van der Waals surface area contributed by atoms with E-state index in [1.807, 2.05) is 18.7 Å². The lowest BCUT2D eigenvalue weighted by Gasteiger charge is -2.32. The van der Waals surface area contributed by atoms with Crippen molar-refractivity contribution in [3.8, 4) is 0 Å². The number of alkyl halides is 2. The van der Waals surface area contributed by atoms with Gasteiger partial charge in [0, 0.05) is 41.3 Å². The van der Waals surface area contributed by atoms with Crippen LogP contribution in [0.4, 0.5) is 20.3 Å². The third kappa shape index (κ3) is 3.87. The molecule has 3 aromatic rings. The molecule has 0 bridgehead atoms. The Labute approximate surface area is 213 Å². The number of ether oxygens (including phenoxy) is 1. The van der Waals surface area contributed by atoms with Crippen LogP contribution in [0.1, 0.15) is 61.0 Å². The lowest BCUT2D eigenvalue weighted by Crippen LogP contribution is -2.44. The largest absolute Gasteiger partial charge is 0.390 e. The number of aliphatic hydroxyl groups excluding tert-OH is 1. The van der Waals surface area contributed by atoms with E-state index in [2.05, 4.69) is 27.6 Å². The molecule has 1 saturated carbocycles. The highest BCUT2D eigenvalue weighted by Crippen LogP contribution is 2.52. The maximum Gasteiger partial charge on any atom is 0.295 e. The van der Waals surface area contributed by atoms with Crippen molar-refractivity contribution in [1.29, 1.82) is 0 Å². The molecule has 6 rings (SSSR count). The van der Waals surface area contributed by atoms with Gasteiger partial charge >= 0.3 is 0 Å². The average Bonchev–Trinajstić information content (AvgIpc) is 3.72. The highest BCUT2D eigenvalue weighted by molar-refractivity contribution is 6.12. The van der Waals surface area contributed by atoms with Crippen LogP contribution in [0.2, 0.25) is 0 Å². The van der Waals surface area contributed by atoms with Crippen molar-refractivity contribution >= 4 is 28.2 Å². The van der Waals surface area contributed by atoms with Gasteiger partial charge in [-0.25, -0.2) is 0 Å². The molecular weight excluding hydrogens is 478 g/mol. The molecule has 1 atom stereocenters. The first-order valence-electron chi connectivity index (χ1n) is 12.8. The topological polar surface area (TPSA) is 87.6 Å². The second-order valence-electron chi connectivity index (χ2n) is 10.5. The zero-order valence-electron chi connectivity index (χ0n) is 20.9. The first-order valence-corrected chi connectivity index (χ1v) is 12.8. The summed E-state index contributed by atoms with van der Waals surface area (Å²) >= 11 is 0. The summed E-state index contributed by atoms with van der Waals surface area (Å²) in [7, 11) is 0. The summed E-state index contributed by atoms with van der Waals surface area (Å²) in [5.74, 6) is -2.61. The molecule has 2 aliphatic heterocycles. The van der Waals surface area contributed by atoms with E-state index in [1.54, 1.807) is 12.1 Å². The number of anilines is 2. The molecule has 0 radical (unpaired) electrons. The van der Waals surface area contributed by atoms with Crippen molar-refractivity contribution in [1.82, 2.24) is 10.2 Å². The molecule has 194 valence electrons. The fourth-order valence-corrected chi connectivity index (χ4v) is 5.77. The minimum atomic E-state index is -3.31. The number of amides is 1. The minimum Gasteiger partial charge on any atom is -0.390 e. The van der Waals surface area contributed by atoms with Gasteiger partial charge in [-0.15, -0.1) is 5.10 Å². The van der Waals surface area contributed by atoms with Crippen LogP contribution in [0.5, 0.6) is 0 Å². The number of aromatic nitrogens is 2. The number of aryl methyl sites for hydroxylation is 1. The number of hydrogen-bond acceptors (Lipinski definition) is 6. The number of halogens is 2. The minimum absolute atomic E-state index is 0.173. The van der Waals surface area contributed by atoms with E-state index >= 15 is 0 Å². The van der Waals surface area contributed by atoms with E-state index in [9.17, 15) is 13.6 Å². The zero-order chi connectivity index (χ0) is 25.9. The van der Waals surface area contributed by atoms with E-state index in [0.29, 0.717) is 37.4 Å². The van der Waals surface area contributed by atoms with Gasteiger partial charge in [0.1, 0.15) is 6.61 Å². The van der Waals surface area contributed by atoms with Gasteiger partial charge in [0.2, 0.25) is 5.91 Å². The Hall–Kier alpha value is -3.17. The lowest BCUT2D eigenvalue weighted by atomic mass is 9.74. The number of rotatable bonds is 6. The molecule has 1 aliphatic carbocycles. The Balaban J connectivity index is 1.42. The van der Waals surface area contributed by atoms with Gasteiger partial charge in [-0.3, -0.25) is 4.79 Å². The van der Waals surface area contributed by atoms with Crippen molar-refractivity contribution in [2.45, 2.75) is 63.0 Å². The first kappa shape index (κ1) is 24.2. The van der Waals surface area contributed by atoms with Crippen molar-refractivity contribution < 1.29 is 23.4 Å². The van der Waals surface area contributed by atoms with Gasteiger partial charge in [0.15, 0.2) is 5.82 Å². The van der Waals surface area contributed by atoms with Crippen molar-refractivity contribution in [3.63, 3.8) is 0 Å². The summed E-state index contributed by atoms with van der Waals surface area (Å²) in [5.41, 5.74) is 2.60. The number of carbonyl (C=O) groups is 1.